The Morgan fingerprint density at radius 3 is 3.00 bits per heavy atom. The van der Waals surface area contributed by atoms with Gasteiger partial charge in [-0.3, -0.25) is 0 Å². The summed E-state index contributed by atoms with van der Waals surface area (Å²) in [6.45, 7) is 3.87. The largest absolute Gasteiger partial charge is 0.386 e. The molecule has 82 valence electrons. The van der Waals surface area contributed by atoms with Gasteiger partial charge in [0.05, 0.1) is 5.69 Å². The predicted octanol–water partition coefficient (Wildman–Crippen LogP) is 3.08. The van der Waals surface area contributed by atoms with E-state index in [2.05, 4.69) is 30.1 Å². The minimum Gasteiger partial charge on any atom is -0.386 e. The molecule has 2 aromatic rings. The van der Waals surface area contributed by atoms with E-state index in [9.17, 15) is 5.11 Å². The molecule has 0 saturated carbocycles. The minimum absolute atomic E-state index is 0.455. The van der Waals surface area contributed by atoms with Crippen molar-refractivity contribution in [2.24, 2.45) is 0 Å². The van der Waals surface area contributed by atoms with E-state index in [4.69, 9.17) is 0 Å². The van der Waals surface area contributed by atoms with Crippen molar-refractivity contribution in [3.8, 4) is 11.3 Å². The number of aromatic nitrogens is 1. The number of aliphatic hydroxyl groups excluding tert-OH is 1. The van der Waals surface area contributed by atoms with E-state index in [0.29, 0.717) is 0 Å². The fourth-order valence-electron chi connectivity index (χ4n) is 2.12. The number of nitrogens with zero attached hydrogens (tertiary/aromatic N) is 1. The van der Waals surface area contributed by atoms with Gasteiger partial charge in [0.25, 0.3) is 0 Å². The Balaban J connectivity index is 2.15. The quantitative estimate of drug-likeness (QED) is 0.698. The van der Waals surface area contributed by atoms with Gasteiger partial charge in [0.15, 0.2) is 0 Å². The van der Waals surface area contributed by atoms with Crippen LogP contribution in [-0.4, -0.2) is 10.1 Å². The van der Waals surface area contributed by atoms with Crippen LogP contribution in [0.3, 0.4) is 0 Å². The van der Waals surface area contributed by atoms with Gasteiger partial charge in [0.2, 0.25) is 0 Å². The van der Waals surface area contributed by atoms with E-state index in [1.165, 1.54) is 21.6 Å². The van der Waals surface area contributed by atoms with Crippen molar-refractivity contribution in [2.45, 2.75) is 26.4 Å². The van der Waals surface area contributed by atoms with E-state index in [0.717, 1.165) is 17.1 Å². The van der Waals surface area contributed by atoms with E-state index >= 15 is 0 Å². The highest BCUT2D eigenvalue weighted by Gasteiger charge is 2.24. The average molecular weight is 231 g/mol. The first-order valence-corrected chi connectivity index (χ1v) is 6.24. The van der Waals surface area contributed by atoms with Gasteiger partial charge in [-0.2, -0.15) is 0 Å². The van der Waals surface area contributed by atoms with Crippen LogP contribution in [0.15, 0.2) is 18.2 Å². The number of hydrogen-bond donors (Lipinski definition) is 1. The maximum absolute atomic E-state index is 9.53. The average Bonchev–Trinajstić information content (AvgIpc) is 2.75. The summed E-state index contributed by atoms with van der Waals surface area (Å²) in [5.41, 5.74) is 4.95. The first-order chi connectivity index (χ1) is 7.65. The fourth-order valence-corrected chi connectivity index (χ4v) is 3.16. The van der Waals surface area contributed by atoms with E-state index < -0.39 is 6.10 Å². The maximum atomic E-state index is 9.53. The lowest BCUT2D eigenvalue weighted by Gasteiger charge is -2.01. The van der Waals surface area contributed by atoms with Crippen LogP contribution in [-0.2, 0) is 6.42 Å². The van der Waals surface area contributed by atoms with Gasteiger partial charge in [0, 0.05) is 16.9 Å². The maximum Gasteiger partial charge on any atom is 0.122 e. The molecule has 1 aliphatic carbocycles. The summed E-state index contributed by atoms with van der Waals surface area (Å²) in [6, 6.07) is 6.51. The number of thiazole rings is 1. The van der Waals surface area contributed by atoms with E-state index in [1.54, 1.807) is 18.3 Å². The molecule has 1 atom stereocenters. The van der Waals surface area contributed by atoms with Crippen LogP contribution in [0, 0.1) is 6.92 Å². The van der Waals surface area contributed by atoms with Gasteiger partial charge in [-0.05, 0) is 25.5 Å². The van der Waals surface area contributed by atoms with Crippen molar-refractivity contribution in [1.82, 2.24) is 4.98 Å². The second-order valence-corrected chi connectivity index (χ2v) is 5.45. The molecule has 1 unspecified atom stereocenters. The second-order valence-electron chi connectivity index (χ2n) is 4.34. The van der Waals surface area contributed by atoms with Crippen LogP contribution in [0.25, 0.3) is 11.3 Å². The number of benzene rings is 1. The van der Waals surface area contributed by atoms with E-state index in [1.807, 2.05) is 0 Å². The normalized spacial score (nSPS) is 14.7. The summed E-state index contributed by atoms with van der Waals surface area (Å²) >= 11 is 1.63. The molecular formula is C13H13NOS. The van der Waals surface area contributed by atoms with Gasteiger partial charge in [0.1, 0.15) is 11.1 Å². The monoisotopic (exact) mass is 231 g/mol. The van der Waals surface area contributed by atoms with Gasteiger partial charge >= 0.3 is 0 Å². The van der Waals surface area contributed by atoms with Crippen molar-refractivity contribution in [2.75, 3.05) is 0 Å². The summed E-state index contributed by atoms with van der Waals surface area (Å²) in [5.74, 6) is 0. The topological polar surface area (TPSA) is 33.1 Å². The number of aryl methyl sites for hydroxylation is 1. The molecule has 2 nitrogen and oxygen atoms in total. The van der Waals surface area contributed by atoms with Crippen LogP contribution in [0.4, 0.5) is 0 Å². The van der Waals surface area contributed by atoms with Gasteiger partial charge in [-0.15, -0.1) is 11.3 Å². The van der Waals surface area contributed by atoms with Crippen LogP contribution >= 0.6 is 11.3 Å². The number of fused-ring (bicyclic) bond motifs is 3. The molecule has 0 radical (unpaired) electrons. The lowest BCUT2D eigenvalue weighted by molar-refractivity contribution is 0.199. The van der Waals surface area contributed by atoms with Crippen molar-refractivity contribution in [1.29, 1.82) is 0 Å². The molecule has 16 heavy (non-hydrogen) atoms. The zero-order valence-corrected chi connectivity index (χ0v) is 10.1. The van der Waals surface area contributed by atoms with Crippen LogP contribution < -0.4 is 0 Å². The van der Waals surface area contributed by atoms with Crippen molar-refractivity contribution >= 4 is 11.3 Å². The highest BCUT2D eigenvalue weighted by atomic mass is 32.1. The molecule has 3 heteroatoms. The molecular weight excluding hydrogens is 218 g/mol. The summed E-state index contributed by atoms with van der Waals surface area (Å²) in [6.07, 6.45) is 0.513. The third kappa shape index (κ3) is 1.39. The van der Waals surface area contributed by atoms with Crippen LogP contribution in [0.5, 0.6) is 0 Å². The molecule has 0 amide bonds. The van der Waals surface area contributed by atoms with Gasteiger partial charge < -0.3 is 5.11 Å². The number of rotatable bonds is 1. The van der Waals surface area contributed by atoms with Gasteiger partial charge in [-0.1, -0.05) is 17.7 Å². The number of hydrogen-bond acceptors (Lipinski definition) is 3. The summed E-state index contributed by atoms with van der Waals surface area (Å²) in [4.78, 5) is 5.83. The Kier molecular flexibility index (Phi) is 2.13. The number of aliphatic hydroxyl groups is 1. The Morgan fingerprint density at radius 2 is 2.25 bits per heavy atom. The van der Waals surface area contributed by atoms with Crippen LogP contribution in [0.1, 0.15) is 34.0 Å². The SMILES string of the molecule is Cc1ccc2c(c1)-c1nc(C(C)O)sc1C2. The highest BCUT2D eigenvalue weighted by Crippen LogP contribution is 2.40. The Hall–Kier alpha value is -1.19. The molecule has 0 aliphatic heterocycles. The first-order valence-electron chi connectivity index (χ1n) is 5.42. The summed E-state index contributed by atoms with van der Waals surface area (Å²) in [7, 11) is 0. The van der Waals surface area contributed by atoms with E-state index in [-0.39, 0.29) is 0 Å². The Labute approximate surface area is 98.6 Å². The first kappa shape index (κ1) is 10.00. The molecule has 1 aromatic carbocycles. The molecule has 0 saturated heterocycles. The van der Waals surface area contributed by atoms with Crippen molar-refractivity contribution in [3.05, 3.63) is 39.2 Å². The van der Waals surface area contributed by atoms with Crippen molar-refractivity contribution < 1.29 is 5.11 Å². The Bertz CT molecular complexity index is 557. The second kappa shape index (κ2) is 3.40. The molecule has 3 rings (SSSR count). The standard InChI is InChI=1S/C13H13NOS/c1-7-3-4-9-6-11-12(10(9)5-7)14-13(16-11)8(2)15/h3-5,8,15H,6H2,1-2H3. The van der Waals surface area contributed by atoms with Crippen LogP contribution in [0.2, 0.25) is 0 Å². The fraction of sp³-hybridized carbons (Fsp3) is 0.308. The smallest absolute Gasteiger partial charge is 0.122 e. The highest BCUT2D eigenvalue weighted by molar-refractivity contribution is 7.12. The molecule has 1 heterocycles. The molecule has 1 aliphatic rings. The summed E-state index contributed by atoms with van der Waals surface area (Å²) in [5, 5.41) is 10.4. The Morgan fingerprint density at radius 1 is 1.44 bits per heavy atom. The van der Waals surface area contributed by atoms with Crippen molar-refractivity contribution in [3.63, 3.8) is 0 Å². The molecule has 0 fully saturated rings. The third-order valence-corrected chi connectivity index (χ3v) is 4.17. The zero-order valence-electron chi connectivity index (χ0n) is 9.32. The molecule has 1 aromatic heterocycles. The minimum atomic E-state index is -0.455. The third-order valence-electron chi connectivity index (χ3n) is 2.94. The molecule has 0 bridgehead atoms. The molecule has 1 N–H and O–H groups in total. The molecule has 0 spiro atoms. The lowest BCUT2D eigenvalue weighted by atomic mass is 10.1. The predicted molar refractivity (Wildman–Crippen MR) is 65.7 cm³/mol. The lowest BCUT2D eigenvalue weighted by Crippen LogP contribution is -1.90. The zero-order chi connectivity index (χ0) is 11.3. The van der Waals surface area contributed by atoms with Gasteiger partial charge in [-0.25, -0.2) is 4.98 Å². The summed E-state index contributed by atoms with van der Waals surface area (Å²) < 4.78 is 0.